The van der Waals surface area contributed by atoms with E-state index in [0.717, 1.165) is 68.0 Å². The third-order valence-electron chi connectivity index (χ3n) is 8.17. The first-order chi connectivity index (χ1) is 16.0. The molecule has 33 heavy (non-hydrogen) atoms. The number of hydrogen-bond donors (Lipinski definition) is 2. The van der Waals surface area contributed by atoms with Gasteiger partial charge in [0, 0.05) is 37.0 Å². The van der Waals surface area contributed by atoms with Crippen LogP contribution < -0.4 is 15.4 Å². The van der Waals surface area contributed by atoms with Gasteiger partial charge in [0.25, 0.3) is 0 Å². The van der Waals surface area contributed by atoms with Gasteiger partial charge < -0.3 is 20.3 Å². The van der Waals surface area contributed by atoms with Gasteiger partial charge in [-0.25, -0.2) is 0 Å². The van der Waals surface area contributed by atoms with E-state index < -0.39 is 0 Å². The van der Waals surface area contributed by atoms with E-state index >= 15 is 0 Å². The van der Waals surface area contributed by atoms with E-state index in [0.29, 0.717) is 26.1 Å². The van der Waals surface area contributed by atoms with Gasteiger partial charge in [-0.05, 0) is 75.4 Å². The molecule has 0 saturated heterocycles. The molecule has 4 bridgehead atoms. The largest absolute Gasteiger partial charge is 0.492 e. The van der Waals surface area contributed by atoms with Gasteiger partial charge in [0.1, 0.15) is 12.4 Å². The molecule has 2 N–H and O–H groups in total. The number of nitrogens with one attached hydrogen (secondary N) is 2. The van der Waals surface area contributed by atoms with Crippen LogP contribution in [0.3, 0.4) is 0 Å². The average molecular weight is 456 g/mol. The summed E-state index contributed by atoms with van der Waals surface area (Å²) in [6.45, 7) is 8.68. The number of rotatable bonds is 12. The quantitative estimate of drug-likeness (QED) is 0.504. The Labute approximate surface area is 198 Å². The highest BCUT2D eigenvalue weighted by molar-refractivity contribution is 5.84. The fraction of sp³-hybridized carbons (Fsp3) is 0.704. The Balaban J connectivity index is 1.18. The monoisotopic (exact) mass is 455 g/mol. The fourth-order valence-electron chi connectivity index (χ4n) is 6.76. The molecule has 6 heteroatoms. The van der Waals surface area contributed by atoms with E-state index in [9.17, 15) is 9.59 Å². The minimum atomic E-state index is -0.146. The van der Waals surface area contributed by atoms with Gasteiger partial charge in [-0.1, -0.05) is 32.0 Å². The van der Waals surface area contributed by atoms with Crippen molar-refractivity contribution in [2.75, 3.05) is 32.8 Å². The molecule has 4 saturated carbocycles. The van der Waals surface area contributed by atoms with Crippen LogP contribution in [0.2, 0.25) is 0 Å². The molecule has 0 unspecified atom stereocenters. The molecule has 6 nitrogen and oxygen atoms in total. The number of carbonyl (C=O) groups excluding carboxylic acids is 2. The Kier molecular flexibility index (Phi) is 7.94. The highest BCUT2D eigenvalue weighted by Gasteiger charge is 2.54. The first-order valence-corrected chi connectivity index (χ1v) is 13.0. The first-order valence-electron chi connectivity index (χ1n) is 13.0. The molecular weight excluding hydrogens is 414 g/mol. The summed E-state index contributed by atoms with van der Waals surface area (Å²) in [7, 11) is 0. The van der Waals surface area contributed by atoms with E-state index in [1.807, 2.05) is 24.3 Å². The number of amides is 2. The van der Waals surface area contributed by atoms with Crippen molar-refractivity contribution in [3.05, 3.63) is 29.8 Å². The van der Waals surface area contributed by atoms with Crippen molar-refractivity contribution in [2.45, 2.75) is 65.3 Å². The maximum absolute atomic E-state index is 13.0. The van der Waals surface area contributed by atoms with Gasteiger partial charge in [0.15, 0.2) is 0 Å². The molecule has 0 heterocycles. The molecule has 1 aromatic carbocycles. The molecule has 0 atom stereocenters. The molecular formula is C27H41N3O3. The molecule has 2 amide bonds. The molecule has 1 aromatic rings. The SMILES string of the molecule is CCN(CC)CCOc1ccccc1CNC(=O)CCNC(=O)C12CC3CC(CC(C3)C1)C2. The van der Waals surface area contributed by atoms with Crippen LogP contribution in [-0.4, -0.2) is 49.5 Å². The van der Waals surface area contributed by atoms with Crippen molar-refractivity contribution in [3.8, 4) is 5.75 Å². The maximum atomic E-state index is 13.0. The third kappa shape index (κ3) is 5.89. The highest BCUT2D eigenvalue weighted by atomic mass is 16.5. The normalized spacial score (nSPS) is 27.5. The van der Waals surface area contributed by atoms with E-state index in [1.54, 1.807) is 0 Å². The summed E-state index contributed by atoms with van der Waals surface area (Å²) in [5, 5.41) is 6.09. The van der Waals surface area contributed by atoms with Crippen molar-refractivity contribution in [1.82, 2.24) is 15.5 Å². The Bertz CT molecular complexity index is 785. The molecule has 5 rings (SSSR count). The van der Waals surface area contributed by atoms with Crippen LogP contribution in [0.25, 0.3) is 0 Å². The summed E-state index contributed by atoms with van der Waals surface area (Å²) < 4.78 is 5.98. The smallest absolute Gasteiger partial charge is 0.226 e. The van der Waals surface area contributed by atoms with Gasteiger partial charge in [-0.15, -0.1) is 0 Å². The van der Waals surface area contributed by atoms with Crippen molar-refractivity contribution in [3.63, 3.8) is 0 Å². The number of ether oxygens (including phenoxy) is 1. The Morgan fingerprint density at radius 3 is 2.27 bits per heavy atom. The summed E-state index contributed by atoms with van der Waals surface area (Å²) in [6.07, 6.45) is 7.47. The molecule has 182 valence electrons. The minimum absolute atomic E-state index is 0.0428. The molecule has 0 spiro atoms. The number of nitrogens with zero attached hydrogens (tertiary/aromatic N) is 1. The topological polar surface area (TPSA) is 70.7 Å². The lowest BCUT2D eigenvalue weighted by Crippen LogP contribution is -2.53. The maximum Gasteiger partial charge on any atom is 0.226 e. The van der Waals surface area contributed by atoms with E-state index in [4.69, 9.17) is 4.74 Å². The van der Waals surface area contributed by atoms with Gasteiger partial charge in [-0.2, -0.15) is 0 Å². The van der Waals surface area contributed by atoms with Crippen LogP contribution in [0.15, 0.2) is 24.3 Å². The van der Waals surface area contributed by atoms with Crippen molar-refractivity contribution in [2.24, 2.45) is 23.2 Å². The first kappa shape index (κ1) is 24.1. The average Bonchev–Trinajstić information content (AvgIpc) is 2.80. The molecule has 4 aliphatic carbocycles. The van der Waals surface area contributed by atoms with Crippen LogP contribution in [0.5, 0.6) is 5.75 Å². The Hall–Kier alpha value is -2.08. The Morgan fingerprint density at radius 1 is 1.00 bits per heavy atom. The highest BCUT2D eigenvalue weighted by Crippen LogP contribution is 2.60. The van der Waals surface area contributed by atoms with Gasteiger partial charge in [-0.3, -0.25) is 9.59 Å². The van der Waals surface area contributed by atoms with Crippen LogP contribution in [-0.2, 0) is 16.1 Å². The van der Waals surface area contributed by atoms with Gasteiger partial charge >= 0.3 is 0 Å². The van der Waals surface area contributed by atoms with Gasteiger partial charge in [0.05, 0.1) is 0 Å². The number of para-hydroxylation sites is 1. The van der Waals surface area contributed by atoms with Crippen molar-refractivity contribution in [1.29, 1.82) is 0 Å². The predicted octanol–water partition coefficient (Wildman–Crippen LogP) is 3.75. The Morgan fingerprint density at radius 2 is 1.64 bits per heavy atom. The van der Waals surface area contributed by atoms with Crippen molar-refractivity contribution >= 4 is 11.8 Å². The second kappa shape index (κ2) is 10.9. The summed E-state index contributed by atoms with van der Waals surface area (Å²) >= 11 is 0. The number of benzene rings is 1. The van der Waals surface area contributed by atoms with Crippen molar-refractivity contribution < 1.29 is 14.3 Å². The predicted molar refractivity (Wildman–Crippen MR) is 130 cm³/mol. The van der Waals surface area contributed by atoms with Crippen LogP contribution in [0, 0.1) is 23.2 Å². The summed E-state index contributed by atoms with van der Waals surface area (Å²) in [5.74, 6) is 3.22. The zero-order valence-corrected chi connectivity index (χ0v) is 20.4. The van der Waals surface area contributed by atoms with Gasteiger partial charge in [0.2, 0.25) is 11.8 Å². The molecule has 4 aliphatic rings. The summed E-state index contributed by atoms with van der Waals surface area (Å²) in [6, 6.07) is 7.86. The number of carbonyl (C=O) groups is 2. The lowest BCUT2D eigenvalue weighted by molar-refractivity contribution is -0.146. The molecule has 0 aromatic heterocycles. The lowest BCUT2D eigenvalue weighted by Gasteiger charge is -2.55. The van der Waals surface area contributed by atoms with E-state index in [2.05, 4.69) is 29.4 Å². The van der Waals surface area contributed by atoms with E-state index in [-0.39, 0.29) is 17.2 Å². The minimum Gasteiger partial charge on any atom is -0.492 e. The zero-order chi connectivity index (χ0) is 23.3. The third-order valence-corrected chi connectivity index (χ3v) is 8.17. The molecule has 0 aliphatic heterocycles. The number of hydrogen-bond acceptors (Lipinski definition) is 4. The zero-order valence-electron chi connectivity index (χ0n) is 20.4. The summed E-state index contributed by atoms with van der Waals surface area (Å²) in [5.41, 5.74) is 0.829. The second-order valence-electron chi connectivity index (χ2n) is 10.5. The van der Waals surface area contributed by atoms with E-state index in [1.165, 1.54) is 19.3 Å². The lowest BCUT2D eigenvalue weighted by atomic mass is 9.49. The standard InChI is InChI=1S/C27H41N3O3/c1-3-30(4-2)11-12-33-24-8-6-5-7-23(24)19-29-25(31)9-10-28-26(32)27-16-20-13-21(17-27)15-22(14-20)18-27/h5-8,20-22H,3-4,9-19H2,1-2H3,(H,28,32)(H,29,31). The number of likely N-dealkylation sites (N-methyl/N-ethyl adjacent to an activating group) is 1. The second-order valence-corrected chi connectivity index (χ2v) is 10.5. The van der Waals surface area contributed by atoms with Crippen LogP contribution >= 0.6 is 0 Å². The van der Waals surface area contributed by atoms with Crippen LogP contribution in [0.4, 0.5) is 0 Å². The summed E-state index contributed by atoms with van der Waals surface area (Å²) in [4.78, 5) is 27.8. The van der Waals surface area contributed by atoms with Crippen LogP contribution in [0.1, 0.15) is 64.4 Å². The molecule has 4 fully saturated rings. The fourth-order valence-corrected chi connectivity index (χ4v) is 6.76. The molecule has 0 radical (unpaired) electrons.